The molecule has 1 heterocycles. The molecule has 0 saturated carbocycles. The van der Waals surface area contributed by atoms with Crippen LogP contribution in [0.5, 0.6) is 0 Å². The van der Waals surface area contributed by atoms with Gasteiger partial charge in [-0.2, -0.15) is 4.37 Å². The van der Waals surface area contributed by atoms with Gasteiger partial charge in [0.05, 0.1) is 0 Å². The third kappa shape index (κ3) is 3.25. The highest BCUT2D eigenvalue weighted by atomic mass is 32.1. The predicted molar refractivity (Wildman–Crippen MR) is 70.2 cm³/mol. The van der Waals surface area contributed by atoms with Crippen LogP contribution in [0.25, 0.3) is 0 Å². The number of nitrogens with one attached hydrogen (secondary N) is 1. The van der Waals surface area contributed by atoms with E-state index in [0.29, 0.717) is 17.9 Å². The zero-order valence-corrected chi connectivity index (χ0v) is 11.8. The van der Waals surface area contributed by atoms with Gasteiger partial charge in [-0.3, -0.25) is 0 Å². The molecule has 0 aliphatic carbocycles. The molecule has 0 bridgehead atoms. The van der Waals surface area contributed by atoms with Crippen LogP contribution in [0.15, 0.2) is 0 Å². The number of hydrogen-bond acceptors (Lipinski definition) is 4. The third-order valence-electron chi connectivity index (χ3n) is 2.87. The molecule has 0 aliphatic heterocycles. The molecular formula is C12H23N3S. The van der Waals surface area contributed by atoms with Crippen molar-refractivity contribution >= 4 is 11.5 Å². The van der Waals surface area contributed by atoms with Crippen molar-refractivity contribution in [2.75, 3.05) is 6.54 Å². The van der Waals surface area contributed by atoms with E-state index in [1.165, 1.54) is 0 Å². The molecule has 0 aliphatic rings. The topological polar surface area (TPSA) is 37.8 Å². The highest BCUT2D eigenvalue weighted by molar-refractivity contribution is 7.05. The Balaban J connectivity index is 2.73. The van der Waals surface area contributed by atoms with E-state index in [1.54, 1.807) is 11.5 Å². The SMILES string of the molecule is CCNC(CC)C(C)c1nc(C(C)C)ns1. The quantitative estimate of drug-likeness (QED) is 0.831. The number of nitrogens with zero attached hydrogens (tertiary/aromatic N) is 2. The Morgan fingerprint density at radius 3 is 2.38 bits per heavy atom. The fourth-order valence-corrected chi connectivity index (χ4v) is 2.68. The van der Waals surface area contributed by atoms with Gasteiger partial charge in [0, 0.05) is 17.9 Å². The van der Waals surface area contributed by atoms with Crippen LogP contribution in [0.3, 0.4) is 0 Å². The summed E-state index contributed by atoms with van der Waals surface area (Å²) < 4.78 is 4.42. The van der Waals surface area contributed by atoms with Gasteiger partial charge in [0.1, 0.15) is 10.8 Å². The van der Waals surface area contributed by atoms with Crippen LogP contribution in [-0.4, -0.2) is 21.9 Å². The smallest absolute Gasteiger partial charge is 0.145 e. The summed E-state index contributed by atoms with van der Waals surface area (Å²) in [5.74, 6) is 1.87. The van der Waals surface area contributed by atoms with Crippen LogP contribution in [0, 0.1) is 0 Å². The van der Waals surface area contributed by atoms with Crippen molar-refractivity contribution in [2.24, 2.45) is 0 Å². The standard InChI is InChI=1S/C12H23N3S/c1-6-10(13-7-2)9(5)12-14-11(8(3)4)15-16-12/h8-10,13H,6-7H2,1-5H3. The first kappa shape index (κ1) is 13.6. The largest absolute Gasteiger partial charge is 0.314 e. The third-order valence-corrected chi connectivity index (χ3v) is 3.80. The summed E-state index contributed by atoms with van der Waals surface area (Å²) in [6.07, 6.45) is 1.13. The fourth-order valence-electron chi connectivity index (χ4n) is 1.78. The van der Waals surface area contributed by atoms with Gasteiger partial charge in [0.2, 0.25) is 0 Å². The van der Waals surface area contributed by atoms with E-state index in [0.717, 1.165) is 23.8 Å². The van der Waals surface area contributed by atoms with Crippen molar-refractivity contribution in [2.45, 2.75) is 58.9 Å². The summed E-state index contributed by atoms with van der Waals surface area (Å²) >= 11 is 1.55. The molecule has 0 radical (unpaired) electrons. The summed E-state index contributed by atoms with van der Waals surface area (Å²) in [5.41, 5.74) is 0. The van der Waals surface area contributed by atoms with Gasteiger partial charge in [-0.05, 0) is 24.5 Å². The lowest BCUT2D eigenvalue weighted by Crippen LogP contribution is -2.32. The van der Waals surface area contributed by atoms with E-state index >= 15 is 0 Å². The van der Waals surface area contributed by atoms with Crippen LogP contribution < -0.4 is 5.32 Å². The lowest BCUT2D eigenvalue weighted by molar-refractivity contribution is 0.447. The summed E-state index contributed by atoms with van der Waals surface area (Å²) in [6, 6.07) is 0.512. The predicted octanol–water partition coefficient (Wildman–Crippen LogP) is 3.15. The Kier molecular flexibility index (Phi) is 5.35. The van der Waals surface area contributed by atoms with Crippen molar-refractivity contribution in [1.82, 2.24) is 14.7 Å². The van der Waals surface area contributed by atoms with Gasteiger partial charge in [-0.25, -0.2) is 4.98 Å². The zero-order chi connectivity index (χ0) is 12.1. The Morgan fingerprint density at radius 1 is 1.25 bits per heavy atom. The van der Waals surface area contributed by atoms with E-state index in [9.17, 15) is 0 Å². The summed E-state index contributed by atoms with van der Waals surface area (Å²) in [4.78, 5) is 4.63. The van der Waals surface area contributed by atoms with E-state index in [-0.39, 0.29) is 0 Å². The molecule has 2 unspecified atom stereocenters. The molecule has 3 nitrogen and oxygen atoms in total. The van der Waals surface area contributed by atoms with Crippen LogP contribution in [-0.2, 0) is 0 Å². The minimum atomic E-state index is 0.427. The van der Waals surface area contributed by atoms with E-state index in [2.05, 4.69) is 49.3 Å². The lowest BCUT2D eigenvalue weighted by atomic mass is 10.0. The van der Waals surface area contributed by atoms with E-state index in [1.807, 2.05) is 0 Å². The van der Waals surface area contributed by atoms with Gasteiger partial charge in [0.15, 0.2) is 0 Å². The van der Waals surface area contributed by atoms with E-state index < -0.39 is 0 Å². The summed E-state index contributed by atoms with van der Waals surface area (Å²) in [6.45, 7) is 11.9. The number of likely N-dealkylation sites (N-methyl/N-ethyl adjacent to an activating group) is 1. The Hall–Kier alpha value is -0.480. The van der Waals surface area contributed by atoms with Crippen LogP contribution >= 0.6 is 11.5 Å². The molecule has 0 aromatic carbocycles. The normalized spacial score (nSPS) is 15.4. The van der Waals surface area contributed by atoms with Crippen molar-refractivity contribution < 1.29 is 0 Å². The molecule has 4 heteroatoms. The minimum Gasteiger partial charge on any atom is -0.314 e. The second kappa shape index (κ2) is 6.30. The molecule has 1 aromatic heterocycles. The first-order chi connectivity index (χ1) is 7.60. The molecule has 1 rings (SSSR count). The van der Waals surface area contributed by atoms with Crippen molar-refractivity contribution in [3.8, 4) is 0 Å². The molecule has 0 amide bonds. The molecule has 1 N–H and O–H groups in total. The monoisotopic (exact) mass is 241 g/mol. The Bertz CT molecular complexity index is 309. The summed E-state index contributed by atoms with van der Waals surface area (Å²) in [5, 5.41) is 4.67. The maximum Gasteiger partial charge on any atom is 0.145 e. The average Bonchev–Trinajstić information content (AvgIpc) is 2.74. The molecule has 2 atom stereocenters. The number of hydrogen-bond donors (Lipinski definition) is 1. The first-order valence-electron chi connectivity index (χ1n) is 6.16. The van der Waals surface area contributed by atoms with Gasteiger partial charge >= 0.3 is 0 Å². The van der Waals surface area contributed by atoms with Gasteiger partial charge < -0.3 is 5.32 Å². The molecular weight excluding hydrogens is 218 g/mol. The second-order valence-corrected chi connectivity index (χ2v) is 5.29. The molecule has 16 heavy (non-hydrogen) atoms. The Morgan fingerprint density at radius 2 is 1.94 bits per heavy atom. The van der Waals surface area contributed by atoms with E-state index in [4.69, 9.17) is 0 Å². The van der Waals surface area contributed by atoms with Crippen LogP contribution in [0.2, 0.25) is 0 Å². The average molecular weight is 241 g/mol. The molecule has 92 valence electrons. The Labute approximate surface area is 103 Å². The van der Waals surface area contributed by atoms with Crippen LogP contribution in [0.1, 0.15) is 63.7 Å². The molecule has 0 fully saturated rings. The fraction of sp³-hybridized carbons (Fsp3) is 0.833. The molecule has 1 aromatic rings. The highest BCUT2D eigenvalue weighted by Gasteiger charge is 2.20. The lowest BCUT2D eigenvalue weighted by Gasteiger charge is -2.21. The second-order valence-electron chi connectivity index (χ2n) is 4.51. The van der Waals surface area contributed by atoms with Crippen molar-refractivity contribution in [1.29, 1.82) is 0 Å². The minimum absolute atomic E-state index is 0.427. The van der Waals surface area contributed by atoms with Gasteiger partial charge in [-0.15, -0.1) is 0 Å². The van der Waals surface area contributed by atoms with Crippen LogP contribution in [0.4, 0.5) is 0 Å². The maximum absolute atomic E-state index is 4.63. The number of aromatic nitrogens is 2. The zero-order valence-electron chi connectivity index (χ0n) is 10.9. The summed E-state index contributed by atoms with van der Waals surface area (Å²) in [7, 11) is 0. The van der Waals surface area contributed by atoms with Gasteiger partial charge in [0.25, 0.3) is 0 Å². The van der Waals surface area contributed by atoms with Crippen molar-refractivity contribution in [3.63, 3.8) is 0 Å². The van der Waals surface area contributed by atoms with Crippen molar-refractivity contribution in [3.05, 3.63) is 10.8 Å². The first-order valence-corrected chi connectivity index (χ1v) is 6.94. The maximum atomic E-state index is 4.63. The number of rotatable bonds is 6. The molecule has 0 saturated heterocycles. The molecule has 0 spiro atoms. The van der Waals surface area contributed by atoms with Gasteiger partial charge in [-0.1, -0.05) is 34.6 Å². The highest BCUT2D eigenvalue weighted by Crippen LogP contribution is 2.24.